The fraction of sp³-hybridized carbons (Fsp3) is 0.333. The van der Waals surface area contributed by atoms with Crippen molar-refractivity contribution >= 4 is 10.9 Å². The van der Waals surface area contributed by atoms with Gasteiger partial charge in [0.05, 0.1) is 22.5 Å². The average molecular weight is 411 g/mol. The van der Waals surface area contributed by atoms with E-state index in [9.17, 15) is 14.0 Å². The van der Waals surface area contributed by atoms with Crippen LogP contribution in [0.2, 0.25) is 0 Å². The Morgan fingerprint density at radius 2 is 1.90 bits per heavy atom. The predicted octanol–water partition coefficient (Wildman–Crippen LogP) is 3.33. The molecule has 0 fully saturated rings. The van der Waals surface area contributed by atoms with E-state index >= 15 is 0 Å². The molecule has 0 aliphatic heterocycles. The smallest absolute Gasteiger partial charge is 0.322 e. The second kappa shape index (κ2) is 7.40. The average Bonchev–Trinajstić information content (AvgIpc) is 3.37. The molecule has 0 bridgehead atoms. The van der Waals surface area contributed by atoms with E-state index in [1.165, 1.54) is 12.3 Å². The van der Waals surface area contributed by atoms with Gasteiger partial charge in [-0.05, 0) is 38.0 Å². The molecule has 0 amide bonds. The molecule has 3 aromatic heterocycles. The number of nitrogens with zero attached hydrogens (tertiary/aromatic N) is 3. The topological polar surface area (TPSA) is 110 Å². The maximum absolute atomic E-state index is 14.6. The molecule has 0 atom stereocenters. The minimum absolute atomic E-state index is 0.315. The highest BCUT2D eigenvalue weighted by molar-refractivity contribution is 5.84. The summed E-state index contributed by atoms with van der Waals surface area (Å²) in [6.07, 6.45) is 2.56. The number of hydrogen-bond acceptors (Lipinski definition) is 5. The van der Waals surface area contributed by atoms with E-state index in [4.69, 9.17) is 0 Å². The van der Waals surface area contributed by atoms with E-state index in [2.05, 4.69) is 24.7 Å². The van der Waals surface area contributed by atoms with Crippen LogP contribution in [0.15, 0.2) is 44.6 Å². The van der Waals surface area contributed by atoms with E-state index in [0.717, 1.165) is 0 Å². The Morgan fingerprint density at radius 1 is 1.13 bits per heavy atom. The van der Waals surface area contributed by atoms with Crippen LogP contribution < -0.4 is 11.3 Å². The lowest BCUT2D eigenvalue weighted by Gasteiger charge is -2.28. The highest BCUT2D eigenvalue weighted by Gasteiger charge is 2.37. The van der Waals surface area contributed by atoms with Crippen molar-refractivity contribution in [2.45, 2.75) is 45.6 Å². The highest BCUT2D eigenvalue weighted by atomic mass is 19.1. The van der Waals surface area contributed by atoms with E-state index in [1.807, 2.05) is 26.8 Å². The summed E-state index contributed by atoms with van der Waals surface area (Å²) in [6, 6.07) is 6.63. The number of aryl methyl sites for hydroxylation is 1. The Labute approximate surface area is 170 Å². The largest absolute Gasteiger partial charge is 0.438 e. The van der Waals surface area contributed by atoms with E-state index in [0.29, 0.717) is 52.9 Å². The van der Waals surface area contributed by atoms with Gasteiger partial charge in [-0.1, -0.05) is 25.1 Å². The molecule has 0 saturated heterocycles. The quantitative estimate of drug-likeness (QED) is 0.506. The molecule has 9 heteroatoms. The Bertz CT molecular complexity index is 1330. The van der Waals surface area contributed by atoms with Crippen LogP contribution in [0.4, 0.5) is 4.39 Å². The van der Waals surface area contributed by atoms with Gasteiger partial charge in [0, 0.05) is 23.4 Å². The number of fused-ring (bicyclic) bond motifs is 1. The predicted molar refractivity (Wildman–Crippen MR) is 110 cm³/mol. The fourth-order valence-electron chi connectivity index (χ4n) is 4.09. The molecule has 156 valence electrons. The van der Waals surface area contributed by atoms with Crippen LogP contribution in [0.5, 0.6) is 0 Å². The minimum Gasteiger partial charge on any atom is -0.322 e. The monoisotopic (exact) mass is 411 g/mol. The SMILES string of the molecule is CCn1ncc2c(F)cc(-c3ccc(C(CC)(CC)c4noc(=O)[nH]4)c(=O)[nH]3)cc21. The second-order valence-electron chi connectivity index (χ2n) is 7.20. The number of hydrogen-bond donors (Lipinski definition) is 2. The maximum atomic E-state index is 14.6. The Balaban J connectivity index is 1.85. The lowest BCUT2D eigenvalue weighted by Crippen LogP contribution is -2.34. The number of aromatic amines is 2. The number of halogens is 1. The third-order valence-electron chi connectivity index (χ3n) is 5.85. The van der Waals surface area contributed by atoms with Gasteiger partial charge in [-0.3, -0.25) is 19.0 Å². The first-order valence-corrected chi connectivity index (χ1v) is 9.89. The molecule has 4 aromatic rings. The van der Waals surface area contributed by atoms with Crippen molar-refractivity contribution in [2.24, 2.45) is 0 Å². The van der Waals surface area contributed by atoms with Crippen LogP contribution in [0.25, 0.3) is 22.2 Å². The van der Waals surface area contributed by atoms with E-state index in [1.54, 1.807) is 16.8 Å². The molecule has 2 N–H and O–H groups in total. The number of pyridine rings is 1. The van der Waals surface area contributed by atoms with Crippen LogP contribution in [0.1, 0.15) is 45.0 Å². The zero-order valence-electron chi connectivity index (χ0n) is 17.0. The fourth-order valence-corrected chi connectivity index (χ4v) is 4.09. The minimum atomic E-state index is -0.797. The molecule has 0 aliphatic carbocycles. The van der Waals surface area contributed by atoms with Crippen LogP contribution in [0, 0.1) is 5.82 Å². The van der Waals surface area contributed by atoms with Gasteiger partial charge in [-0.25, -0.2) is 9.18 Å². The van der Waals surface area contributed by atoms with Crippen molar-refractivity contribution in [1.82, 2.24) is 24.9 Å². The zero-order chi connectivity index (χ0) is 21.5. The summed E-state index contributed by atoms with van der Waals surface area (Å²) < 4.78 is 21.0. The van der Waals surface area contributed by atoms with Gasteiger partial charge in [-0.15, -0.1) is 0 Å². The summed E-state index contributed by atoms with van der Waals surface area (Å²) in [6.45, 7) is 6.36. The van der Waals surface area contributed by atoms with Crippen molar-refractivity contribution in [3.05, 3.63) is 68.6 Å². The van der Waals surface area contributed by atoms with Gasteiger partial charge in [0.1, 0.15) is 5.82 Å². The number of aromatic nitrogens is 5. The number of benzene rings is 1. The van der Waals surface area contributed by atoms with Crippen LogP contribution >= 0.6 is 0 Å². The van der Waals surface area contributed by atoms with Crippen LogP contribution in [0.3, 0.4) is 0 Å². The third-order valence-corrected chi connectivity index (χ3v) is 5.85. The molecule has 0 radical (unpaired) electrons. The first-order chi connectivity index (χ1) is 14.4. The third kappa shape index (κ3) is 2.97. The number of rotatable bonds is 6. The van der Waals surface area contributed by atoms with Crippen LogP contribution in [-0.2, 0) is 12.0 Å². The van der Waals surface area contributed by atoms with Gasteiger partial charge in [0.25, 0.3) is 5.56 Å². The van der Waals surface area contributed by atoms with Gasteiger partial charge < -0.3 is 4.98 Å². The van der Waals surface area contributed by atoms with Crippen molar-refractivity contribution in [3.63, 3.8) is 0 Å². The molecule has 0 saturated carbocycles. The van der Waals surface area contributed by atoms with Gasteiger partial charge >= 0.3 is 5.76 Å². The molecule has 0 unspecified atom stereocenters. The standard InChI is InChI=1S/C21H22FN5O3/c1-4-21(5-2,19-25-20(29)30-26-19)14-7-8-16(24-18(14)28)12-9-15(22)13-11-23-27(6-3)17(13)10-12/h7-11H,4-6H2,1-3H3,(H,24,28)(H,25,26,29). The molecule has 8 nitrogen and oxygen atoms in total. The molecule has 1 aromatic carbocycles. The van der Waals surface area contributed by atoms with Gasteiger partial charge in [0.2, 0.25) is 0 Å². The van der Waals surface area contributed by atoms with Crippen molar-refractivity contribution in [2.75, 3.05) is 0 Å². The van der Waals surface area contributed by atoms with E-state index in [-0.39, 0.29) is 5.56 Å². The van der Waals surface area contributed by atoms with Crippen LogP contribution in [-0.4, -0.2) is 24.9 Å². The number of nitrogens with one attached hydrogen (secondary N) is 2. The number of H-pyrrole nitrogens is 2. The molecule has 0 aliphatic rings. The van der Waals surface area contributed by atoms with Crippen molar-refractivity contribution in [1.29, 1.82) is 0 Å². The lowest BCUT2D eigenvalue weighted by molar-refractivity contribution is 0.357. The molecule has 3 heterocycles. The van der Waals surface area contributed by atoms with Crippen molar-refractivity contribution < 1.29 is 8.91 Å². The highest BCUT2D eigenvalue weighted by Crippen LogP contribution is 2.35. The summed E-state index contributed by atoms with van der Waals surface area (Å²) in [4.78, 5) is 30.0. The Morgan fingerprint density at radius 3 is 2.50 bits per heavy atom. The molecule has 4 rings (SSSR count). The summed E-state index contributed by atoms with van der Waals surface area (Å²) in [5, 5.41) is 8.46. The molecule has 0 spiro atoms. The first kappa shape index (κ1) is 19.8. The summed E-state index contributed by atoms with van der Waals surface area (Å²) in [7, 11) is 0. The normalized spacial score (nSPS) is 12.0. The van der Waals surface area contributed by atoms with Gasteiger partial charge in [-0.2, -0.15) is 5.10 Å². The van der Waals surface area contributed by atoms with Crippen molar-refractivity contribution in [3.8, 4) is 11.3 Å². The lowest BCUT2D eigenvalue weighted by atomic mass is 9.75. The van der Waals surface area contributed by atoms with Gasteiger partial charge in [0.15, 0.2) is 5.82 Å². The van der Waals surface area contributed by atoms with E-state index < -0.39 is 17.0 Å². The maximum Gasteiger partial charge on any atom is 0.438 e. The first-order valence-electron chi connectivity index (χ1n) is 9.89. The second-order valence-corrected chi connectivity index (χ2v) is 7.20. The summed E-state index contributed by atoms with van der Waals surface area (Å²) in [5.41, 5.74) is 1.03. The Kier molecular flexibility index (Phi) is 4.89. The zero-order valence-corrected chi connectivity index (χ0v) is 17.0. The molecular weight excluding hydrogens is 389 g/mol. The molecular formula is C21H22FN5O3. The Hall–Kier alpha value is -3.49. The summed E-state index contributed by atoms with van der Waals surface area (Å²) in [5.74, 6) is -0.751. The summed E-state index contributed by atoms with van der Waals surface area (Å²) >= 11 is 0. The molecule has 30 heavy (non-hydrogen) atoms.